The first-order valence-corrected chi connectivity index (χ1v) is 7.40. The third-order valence-electron chi connectivity index (χ3n) is 4.28. The van der Waals surface area contributed by atoms with Crippen molar-refractivity contribution in [1.29, 1.82) is 0 Å². The number of aliphatic hydroxyl groups is 1. The highest BCUT2D eigenvalue weighted by Gasteiger charge is 2.35. The van der Waals surface area contributed by atoms with Gasteiger partial charge in [-0.05, 0) is 32.1 Å². The van der Waals surface area contributed by atoms with Crippen LogP contribution in [0, 0.1) is 11.3 Å². The van der Waals surface area contributed by atoms with Gasteiger partial charge in [0.15, 0.2) is 0 Å². The topological polar surface area (TPSA) is 32.7 Å². The van der Waals surface area contributed by atoms with E-state index in [1.54, 1.807) is 7.11 Å². The predicted molar refractivity (Wildman–Crippen MR) is 75.7 cm³/mol. The molecule has 3 nitrogen and oxygen atoms in total. The monoisotopic (exact) mass is 257 g/mol. The Morgan fingerprint density at radius 1 is 1.44 bits per heavy atom. The van der Waals surface area contributed by atoms with Crippen molar-refractivity contribution in [3.05, 3.63) is 0 Å². The number of aliphatic hydroxyl groups excluding tert-OH is 1. The van der Waals surface area contributed by atoms with E-state index >= 15 is 0 Å². The molecule has 3 heteroatoms. The zero-order valence-electron chi connectivity index (χ0n) is 12.6. The normalized spacial score (nSPS) is 21.0. The van der Waals surface area contributed by atoms with Gasteiger partial charge in [-0.2, -0.15) is 0 Å². The third kappa shape index (κ3) is 4.87. The standard InChI is InChI=1S/C15H31NO2/c1-5-8-15(3,12-17)11-16(9-10-18-4)13(2)14-6-7-14/h13-14,17H,5-12H2,1-4H3. The van der Waals surface area contributed by atoms with Crippen LogP contribution < -0.4 is 0 Å². The Bertz CT molecular complexity index is 231. The molecule has 1 saturated carbocycles. The molecule has 0 heterocycles. The summed E-state index contributed by atoms with van der Waals surface area (Å²) in [4.78, 5) is 2.52. The first-order chi connectivity index (χ1) is 8.56. The zero-order chi connectivity index (χ0) is 13.6. The quantitative estimate of drug-likeness (QED) is 0.653. The number of ether oxygens (including phenoxy) is 1. The molecule has 0 bridgehead atoms. The SMILES string of the molecule is CCCC(C)(CO)CN(CCOC)C(C)C1CC1. The van der Waals surface area contributed by atoms with Gasteiger partial charge in [-0.25, -0.2) is 0 Å². The minimum Gasteiger partial charge on any atom is -0.396 e. The fourth-order valence-corrected chi connectivity index (χ4v) is 2.81. The van der Waals surface area contributed by atoms with Crippen molar-refractivity contribution in [2.45, 2.75) is 52.5 Å². The Labute approximate surface area is 113 Å². The minimum absolute atomic E-state index is 0.0334. The summed E-state index contributed by atoms with van der Waals surface area (Å²) in [5.74, 6) is 0.867. The number of hydrogen-bond donors (Lipinski definition) is 1. The molecular weight excluding hydrogens is 226 g/mol. The van der Waals surface area contributed by atoms with E-state index in [-0.39, 0.29) is 12.0 Å². The molecule has 1 aliphatic rings. The van der Waals surface area contributed by atoms with Gasteiger partial charge in [0.2, 0.25) is 0 Å². The maximum absolute atomic E-state index is 9.67. The molecular formula is C15H31NO2. The summed E-state index contributed by atoms with van der Waals surface area (Å²) in [5.41, 5.74) is 0.0334. The van der Waals surface area contributed by atoms with E-state index in [4.69, 9.17) is 4.74 Å². The van der Waals surface area contributed by atoms with E-state index in [9.17, 15) is 5.11 Å². The van der Waals surface area contributed by atoms with Crippen molar-refractivity contribution in [3.63, 3.8) is 0 Å². The molecule has 2 atom stereocenters. The number of methoxy groups -OCH3 is 1. The maximum atomic E-state index is 9.67. The summed E-state index contributed by atoms with van der Waals surface area (Å²) in [5, 5.41) is 9.67. The highest BCUT2D eigenvalue weighted by atomic mass is 16.5. The van der Waals surface area contributed by atoms with Crippen molar-refractivity contribution >= 4 is 0 Å². The largest absolute Gasteiger partial charge is 0.396 e. The summed E-state index contributed by atoms with van der Waals surface area (Å²) >= 11 is 0. The highest BCUT2D eigenvalue weighted by Crippen LogP contribution is 2.36. The zero-order valence-corrected chi connectivity index (χ0v) is 12.6. The molecule has 108 valence electrons. The predicted octanol–water partition coefficient (Wildman–Crippen LogP) is 2.53. The molecule has 0 aromatic heterocycles. The summed E-state index contributed by atoms with van der Waals surface area (Å²) < 4.78 is 5.23. The molecule has 1 rings (SSSR count). The molecule has 0 saturated heterocycles. The van der Waals surface area contributed by atoms with Crippen molar-refractivity contribution in [2.24, 2.45) is 11.3 Å². The summed E-state index contributed by atoms with van der Waals surface area (Å²) in [6.07, 6.45) is 4.96. The van der Waals surface area contributed by atoms with Crippen molar-refractivity contribution in [3.8, 4) is 0 Å². The van der Waals surface area contributed by atoms with Gasteiger partial charge in [0, 0.05) is 38.3 Å². The average molecular weight is 257 g/mol. The fourth-order valence-electron chi connectivity index (χ4n) is 2.81. The van der Waals surface area contributed by atoms with Gasteiger partial charge in [0.25, 0.3) is 0 Å². The Balaban J connectivity index is 2.57. The average Bonchev–Trinajstić information content (AvgIpc) is 3.18. The van der Waals surface area contributed by atoms with E-state index in [0.717, 1.165) is 38.5 Å². The first-order valence-electron chi connectivity index (χ1n) is 7.40. The molecule has 0 amide bonds. The first kappa shape index (κ1) is 15.9. The lowest BCUT2D eigenvalue weighted by molar-refractivity contribution is 0.0415. The van der Waals surface area contributed by atoms with Crippen molar-refractivity contribution in [2.75, 3.05) is 33.4 Å². The van der Waals surface area contributed by atoms with Crippen LogP contribution in [-0.2, 0) is 4.74 Å². The third-order valence-corrected chi connectivity index (χ3v) is 4.28. The minimum atomic E-state index is 0.0334. The van der Waals surface area contributed by atoms with Crippen molar-refractivity contribution in [1.82, 2.24) is 4.90 Å². The summed E-state index contributed by atoms with van der Waals surface area (Å²) in [6.45, 7) is 9.75. The van der Waals surface area contributed by atoms with Gasteiger partial charge in [0.1, 0.15) is 0 Å². The molecule has 1 N–H and O–H groups in total. The van der Waals surface area contributed by atoms with Crippen LogP contribution >= 0.6 is 0 Å². The van der Waals surface area contributed by atoms with E-state index in [1.807, 2.05) is 0 Å². The van der Waals surface area contributed by atoms with Crippen LogP contribution in [-0.4, -0.2) is 49.5 Å². The van der Waals surface area contributed by atoms with Crippen LogP contribution in [0.5, 0.6) is 0 Å². The number of hydrogen-bond acceptors (Lipinski definition) is 3. The molecule has 0 aromatic carbocycles. The lowest BCUT2D eigenvalue weighted by Gasteiger charge is -2.37. The molecule has 2 unspecified atom stereocenters. The van der Waals surface area contributed by atoms with Crippen LogP contribution in [0.4, 0.5) is 0 Å². The van der Waals surface area contributed by atoms with Gasteiger partial charge in [-0.15, -0.1) is 0 Å². The highest BCUT2D eigenvalue weighted by molar-refractivity contribution is 4.88. The van der Waals surface area contributed by atoms with Crippen LogP contribution in [0.25, 0.3) is 0 Å². The second-order valence-electron chi connectivity index (χ2n) is 6.26. The molecule has 1 aliphatic carbocycles. The second-order valence-corrected chi connectivity index (χ2v) is 6.26. The lowest BCUT2D eigenvalue weighted by Crippen LogP contribution is -2.45. The summed E-state index contributed by atoms with van der Waals surface area (Å²) in [6, 6.07) is 0.628. The van der Waals surface area contributed by atoms with Crippen LogP contribution in [0.15, 0.2) is 0 Å². The Morgan fingerprint density at radius 2 is 2.11 bits per heavy atom. The Morgan fingerprint density at radius 3 is 2.56 bits per heavy atom. The van der Waals surface area contributed by atoms with Crippen LogP contribution in [0.3, 0.4) is 0 Å². The lowest BCUT2D eigenvalue weighted by atomic mass is 9.85. The number of rotatable bonds is 10. The Kier molecular flexibility index (Phi) is 6.61. The molecule has 0 aliphatic heterocycles. The molecule has 18 heavy (non-hydrogen) atoms. The van der Waals surface area contributed by atoms with E-state index in [2.05, 4.69) is 25.7 Å². The van der Waals surface area contributed by atoms with Gasteiger partial charge in [0.05, 0.1) is 6.61 Å². The molecule has 1 fully saturated rings. The molecule has 0 radical (unpaired) electrons. The Hall–Kier alpha value is -0.120. The van der Waals surface area contributed by atoms with Gasteiger partial charge in [-0.3, -0.25) is 4.90 Å². The number of nitrogens with zero attached hydrogens (tertiary/aromatic N) is 1. The van der Waals surface area contributed by atoms with Crippen LogP contribution in [0.1, 0.15) is 46.5 Å². The van der Waals surface area contributed by atoms with Crippen LogP contribution in [0.2, 0.25) is 0 Å². The maximum Gasteiger partial charge on any atom is 0.0589 e. The molecule has 0 aromatic rings. The van der Waals surface area contributed by atoms with Gasteiger partial charge in [-0.1, -0.05) is 20.3 Å². The molecule has 0 spiro atoms. The summed E-state index contributed by atoms with van der Waals surface area (Å²) in [7, 11) is 1.76. The van der Waals surface area contributed by atoms with Gasteiger partial charge < -0.3 is 9.84 Å². The van der Waals surface area contributed by atoms with E-state index in [1.165, 1.54) is 12.8 Å². The van der Waals surface area contributed by atoms with Gasteiger partial charge >= 0.3 is 0 Å². The van der Waals surface area contributed by atoms with E-state index < -0.39 is 0 Å². The second kappa shape index (κ2) is 7.46. The van der Waals surface area contributed by atoms with E-state index in [0.29, 0.717) is 6.04 Å². The smallest absolute Gasteiger partial charge is 0.0589 e. The fraction of sp³-hybridized carbons (Fsp3) is 1.00. The van der Waals surface area contributed by atoms with Crippen molar-refractivity contribution < 1.29 is 9.84 Å².